The lowest BCUT2D eigenvalue weighted by Crippen LogP contribution is -2.22. The van der Waals surface area contributed by atoms with Gasteiger partial charge in [-0.05, 0) is 6.42 Å². The molecule has 1 aliphatic heterocycles. The maximum atomic E-state index is 11.4. The number of aromatic nitrogens is 2. The summed E-state index contributed by atoms with van der Waals surface area (Å²) in [6.45, 7) is 4.91. The van der Waals surface area contributed by atoms with Crippen LogP contribution in [0.4, 0.5) is 0 Å². The van der Waals surface area contributed by atoms with Gasteiger partial charge in [0.05, 0.1) is 11.5 Å². The van der Waals surface area contributed by atoms with Crippen molar-refractivity contribution in [3.63, 3.8) is 0 Å². The SMILES string of the molecule is CC(C)NCc1cnc(C2CCS(=O)(=O)C2)[nH]1. The molecular formula is C11H19N3O2S. The third kappa shape index (κ3) is 3.29. The summed E-state index contributed by atoms with van der Waals surface area (Å²) in [5, 5.41) is 3.29. The maximum Gasteiger partial charge on any atom is 0.151 e. The molecule has 1 aliphatic rings. The molecule has 1 aromatic heterocycles. The average molecular weight is 257 g/mol. The summed E-state index contributed by atoms with van der Waals surface area (Å²) < 4.78 is 22.8. The molecule has 5 nitrogen and oxygen atoms in total. The largest absolute Gasteiger partial charge is 0.345 e. The van der Waals surface area contributed by atoms with E-state index in [9.17, 15) is 8.42 Å². The molecule has 1 fully saturated rings. The zero-order valence-corrected chi connectivity index (χ0v) is 11.0. The van der Waals surface area contributed by atoms with Crippen LogP contribution in [-0.4, -0.2) is 35.9 Å². The van der Waals surface area contributed by atoms with Crippen molar-refractivity contribution in [2.75, 3.05) is 11.5 Å². The van der Waals surface area contributed by atoms with Crippen molar-refractivity contribution < 1.29 is 8.42 Å². The Labute approximate surface area is 102 Å². The van der Waals surface area contributed by atoms with Crippen LogP contribution in [0.25, 0.3) is 0 Å². The minimum Gasteiger partial charge on any atom is -0.345 e. The minimum atomic E-state index is -2.84. The van der Waals surface area contributed by atoms with Gasteiger partial charge in [-0.1, -0.05) is 13.8 Å². The molecule has 1 aromatic rings. The number of rotatable bonds is 4. The van der Waals surface area contributed by atoms with Crippen molar-refractivity contribution in [1.82, 2.24) is 15.3 Å². The molecule has 0 spiro atoms. The van der Waals surface area contributed by atoms with Gasteiger partial charge in [0.25, 0.3) is 0 Å². The molecule has 2 rings (SSSR count). The second-order valence-corrected chi connectivity index (χ2v) is 7.16. The van der Waals surface area contributed by atoms with Crippen LogP contribution in [0.15, 0.2) is 6.20 Å². The van der Waals surface area contributed by atoms with Gasteiger partial charge in [0.2, 0.25) is 0 Å². The van der Waals surface area contributed by atoms with E-state index in [1.807, 2.05) is 0 Å². The summed E-state index contributed by atoms with van der Waals surface area (Å²) in [5.41, 5.74) is 1.01. The number of hydrogen-bond acceptors (Lipinski definition) is 4. The topological polar surface area (TPSA) is 74.8 Å². The summed E-state index contributed by atoms with van der Waals surface area (Å²) in [5.74, 6) is 1.38. The van der Waals surface area contributed by atoms with E-state index >= 15 is 0 Å². The first-order chi connectivity index (χ1) is 7.96. The van der Waals surface area contributed by atoms with Crippen LogP contribution in [0.3, 0.4) is 0 Å². The number of nitrogens with zero attached hydrogens (tertiary/aromatic N) is 1. The molecular weight excluding hydrogens is 238 g/mol. The van der Waals surface area contributed by atoms with Crippen molar-refractivity contribution in [3.8, 4) is 0 Å². The number of H-pyrrole nitrogens is 1. The Hall–Kier alpha value is -0.880. The average Bonchev–Trinajstić information content (AvgIpc) is 2.81. The van der Waals surface area contributed by atoms with Gasteiger partial charge in [-0.15, -0.1) is 0 Å². The number of imidazole rings is 1. The summed E-state index contributed by atoms with van der Waals surface area (Å²) in [7, 11) is -2.84. The normalized spacial score (nSPS) is 23.4. The number of aromatic amines is 1. The van der Waals surface area contributed by atoms with Crippen molar-refractivity contribution >= 4 is 9.84 Å². The fourth-order valence-corrected chi connectivity index (χ4v) is 3.75. The van der Waals surface area contributed by atoms with Crippen LogP contribution in [0, 0.1) is 0 Å². The van der Waals surface area contributed by atoms with Gasteiger partial charge in [-0.2, -0.15) is 0 Å². The van der Waals surface area contributed by atoms with Crippen LogP contribution >= 0.6 is 0 Å². The Balaban J connectivity index is 1.99. The first-order valence-corrected chi connectivity index (χ1v) is 7.76. The second-order valence-electron chi connectivity index (χ2n) is 4.93. The highest BCUT2D eigenvalue weighted by atomic mass is 32.2. The quantitative estimate of drug-likeness (QED) is 0.837. The highest BCUT2D eigenvalue weighted by Crippen LogP contribution is 2.26. The van der Waals surface area contributed by atoms with E-state index in [0.717, 1.165) is 18.1 Å². The van der Waals surface area contributed by atoms with Crippen LogP contribution in [0.2, 0.25) is 0 Å². The molecule has 17 heavy (non-hydrogen) atoms. The Morgan fingerprint density at radius 2 is 2.35 bits per heavy atom. The third-order valence-corrected chi connectivity index (χ3v) is 4.74. The molecule has 96 valence electrons. The van der Waals surface area contributed by atoms with Crippen LogP contribution < -0.4 is 5.32 Å². The highest BCUT2D eigenvalue weighted by molar-refractivity contribution is 7.91. The fourth-order valence-electron chi connectivity index (χ4n) is 2.00. The van der Waals surface area contributed by atoms with Gasteiger partial charge in [0.1, 0.15) is 5.82 Å². The second kappa shape index (κ2) is 4.78. The zero-order chi connectivity index (χ0) is 12.5. The molecule has 2 heterocycles. The van der Waals surface area contributed by atoms with Crippen LogP contribution in [0.1, 0.15) is 37.7 Å². The standard InChI is InChI=1S/C11H19N3O2S/c1-8(2)12-5-10-6-13-11(14-10)9-3-4-17(15,16)7-9/h6,8-9,12H,3-5,7H2,1-2H3,(H,13,14). The molecule has 0 saturated carbocycles. The van der Waals surface area contributed by atoms with Crippen molar-refractivity contribution in [2.24, 2.45) is 0 Å². The van der Waals surface area contributed by atoms with Gasteiger partial charge >= 0.3 is 0 Å². The third-order valence-electron chi connectivity index (χ3n) is 2.97. The fraction of sp³-hybridized carbons (Fsp3) is 0.727. The maximum absolute atomic E-state index is 11.4. The van der Waals surface area contributed by atoms with E-state index in [4.69, 9.17) is 0 Å². The number of sulfone groups is 1. The van der Waals surface area contributed by atoms with Gasteiger partial charge in [-0.3, -0.25) is 0 Å². The molecule has 0 amide bonds. The number of hydrogen-bond donors (Lipinski definition) is 2. The molecule has 0 aliphatic carbocycles. The van der Waals surface area contributed by atoms with Crippen LogP contribution in [0.5, 0.6) is 0 Å². The van der Waals surface area contributed by atoms with Gasteiger partial charge in [-0.25, -0.2) is 13.4 Å². The van der Waals surface area contributed by atoms with E-state index in [0.29, 0.717) is 12.5 Å². The summed E-state index contributed by atoms with van der Waals surface area (Å²) in [6, 6.07) is 0.425. The predicted molar refractivity (Wildman–Crippen MR) is 66.6 cm³/mol. The lowest BCUT2D eigenvalue weighted by molar-refractivity contribution is 0.581. The molecule has 0 bridgehead atoms. The van der Waals surface area contributed by atoms with Crippen LogP contribution in [-0.2, 0) is 16.4 Å². The van der Waals surface area contributed by atoms with E-state index < -0.39 is 9.84 Å². The van der Waals surface area contributed by atoms with E-state index in [2.05, 4.69) is 29.1 Å². The minimum absolute atomic E-state index is 0.0489. The lowest BCUT2D eigenvalue weighted by Gasteiger charge is -2.06. The van der Waals surface area contributed by atoms with E-state index in [1.54, 1.807) is 6.20 Å². The first kappa shape index (κ1) is 12.6. The summed E-state index contributed by atoms with van der Waals surface area (Å²) >= 11 is 0. The molecule has 1 atom stereocenters. The molecule has 2 N–H and O–H groups in total. The van der Waals surface area contributed by atoms with E-state index in [-0.39, 0.29) is 17.4 Å². The monoisotopic (exact) mass is 257 g/mol. The lowest BCUT2D eigenvalue weighted by atomic mass is 10.1. The Kier molecular flexibility index (Phi) is 3.53. The Morgan fingerprint density at radius 3 is 2.94 bits per heavy atom. The first-order valence-electron chi connectivity index (χ1n) is 5.94. The summed E-state index contributed by atoms with van der Waals surface area (Å²) in [4.78, 5) is 7.49. The molecule has 0 aromatic carbocycles. The predicted octanol–water partition coefficient (Wildman–Crippen LogP) is 0.810. The molecule has 1 unspecified atom stereocenters. The van der Waals surface area contributed by atoms with Crippen molar-refractivity contribution in [3.05, 3.63) is 17.7 Å². The van der Waals surface area contributed by atoms with Gasteiger partial charge < -0.3 is 10.3 Å². The van der Waals surface area contributed by atoms with Crippen molar-refractivity contribution in [2.45, 2.75) is 38.8 Å². The van der Waals surface area contributed by atoms with Gasteiger partial charge in [0, 0.05) is 30.4 Å². The molecule has 1 saturated heterocycles. The highest BCUT2D eigenvalue weighted by Gasteiger charge is 2.30. The van der Waals surface area contributed by atoms with Crippen molar-refractivity contribution in [1.29, 1.82) is 0 Å². The molecule has 6 heteroatoms. The number of nitrogens with one attached hydrogen (secondary N) is 2. The van der Waals surface area contributed by atoms with E-state index in [1.165, 1.54) is 0 Å². The molecule has 0 radical (unpaired) electrons. The van der Waals surface area contributed by atoms with Gasteiger partial charge in [0.15, 0.2) is 9.84 Å². The summed E-state index contributed by atoms with van der Waals surface area (Å²) in [6.07, 6.45) is 2.47. The smallest absolute Gasteiger partial charge is 0.151 e. The Morgan fingerprint density at radius 1 is 1.59 bits per heavy atom. The zero-order valence-electron chi connectivity index (χ0n) is 10.2. The Bertz CT molecular complexity index is 479.